The number of halogens is 2. The maximum atomic E-state index is 13.5. The van der Waals surface area contributed by atoms with Crippen LogP contribution in [0.15, 0.2) is 29.3 Å². The first-order valence-corrected chi connectivity index (χ1v) is 5.92. The van der Waals surface area contributed by atoms with Gasteiger partial charge in [0.2, 0.25) is 0 Å². The fourth-order valence-corrected chi connectivity index (χ4v) is 1.76. The number of nitrogens with zero attached hydrogens (tertiary/aromatic N) is 1. The van der Waals surface area contributed by atoms with E-state index in [4.69, 9.17) is 0 Å². The van der Waals surface area contributed by atoms with Gasteiger partial charge < -0.3 is 10.3 Å². The monoisotopic (exact) mass is 345 g/mol. The van der Waals surface area contributed by atoms with Crippen molar-refractivity contribution in [2.24, 2.45) is 0 Å². The average molecular weight is 345 g/mol. The molecule has 0 saturated carbocycles. The summed E-state index contributed by atoms with van der Waals surface area (Å²) in [6.45, 7) is 1.86. The van der Waals surface area contributed by atoms with E-state index < -0.39 is 0 Å². The molecule has 2 rings (SSSR count). The SMILES string of the molecule is Cc1ccc(F)c(Nc2nc[nH]c(=O)c2I)c1. The predicted octanol–water partition coefficient (Wildman–Crippen LogP) is 2.57. The molecule has 0 amide bonds. The van der Waals surface area contributed by atoms with E-state index in [1.807, 2.05) is 29.5 Å². The first-order valence-electron chi connectivity index (χ1n) is 4.84. The summed E-state index contributed by atoms with van der Waals surface area (Å²) in [5.41, 5.74) is 0.978. The number of aromatic nitrogens is 2. The third-order valence-corrected chi connectivity index (χ3v) is 3.17. The summed E-state index contributed by atoms with van der Waals surface area (Å²) in [5.74, 6) is -0.0349. The minimum Gasteiger partial charge on any atom is -0.337 e. The number of aromatic amines is 1. The van der Waals surface area contributed by atoms with Gasteiger partial charge in [-0.15, -0.1) is 0 Å². The minimum atomic E-state index is -0.381. The largest absolute Gasteiger partial charge is 0.337 e. The van der Waals surface area contributed by atoms with Crippen LogP contribution in [0.4, 0.5) is 15.9 Å². The Morgan fingerprint density at radius 3 is 3.00 bits per heavy atom. The van der Waals surface area contributed by atoms with Crippen LogP contribution in [0.3, 0.4) is 0 Å². The van der Waals surface area contributed by atoms with E-state index in [-0.39, 0.29) is 11.4 Å². The highest BCUT2D eigenvalue weighted by atomic mass is 127. The topological polar surface area (TPSA) is 57.8 Å². The van der Waals surface area contributed by atoms with Gasteiger partial charge in [-0.05, 0) is 47.2 Å². The molecule has 0 atom stereocenters. The fourth-order valence-electron chi connectivity index (χ4n) is 1.33. The molecule has 1 aromatic carbocycles. The first kappa shape index (κ1) is 12.0. The molecule has 1 heterocycles. The Hall–Kier alpha value is -1.44. The number of hydrogen-bond donors (Lipinski definition) is 2. The Kier molecular flexibility index (Phi) is 3.41. The van der Waals surface area contributed by atoms with E-state index in [2.05, 4.69) is 15.3 Å². The summed E-state index contributed by atoms with van der Waals surface area (Å²) >= 11 is 1.86. The summed E-state index contributed by atoms with van der Waals surface area (Å²) in [5, 5.41) is 2.81. The smallest absolute Gasteiger partial charge is 0.266 e. The van der Waals surface area contributed by atoms with Gasteiger partial charge in [0.1, 0.15) is 9.39 Å². The lowest BCUT2D eigenvalue weighted by molar-refractivity contribution is 0.631. The summed E-state index contributed by atoms with van der Waals surface area (Å²) in [6, 6.07) is 4.71. The second-order valence-electron chi connectivity index (χ2n) is 3.50. The maximum Gasteiger partial charge on any atom is 0.266 e. The highest BCUT2D eigenvalue weighted by Crippen LogP contribution is 2.21. The molecule has 6 heteroatoms. The van der Waals surface area contributed by atoms with E-state index in [0.717, 1.165) is 5.56 Å². The van der Waals surface area contributed by atoms with Crippen molar-refractivity contribution in [1.82, 2.24) is 9.97 Å². The fraction of sp³-hybridized carbons (Fsp3) is 0.0909. The van der Waals surface area contributed by atoms with E-state index in [1.165, 1.54) is 12.4 Å². The van der Waals surface area contributed by atoms with Crippen LogP contribution in [-0.4, -0.2) is 9.97 Å². The second-order valence-corrected chi connectivity index (χ2v) is 4.58. The van der Waals surface area contributed by atoms with Crippen LogP contribution < -0.4 is 10.9 Å². The standard InChI is InChI=1S/C11H9FIN3O/c1-6-2-3-7(12)8(4-6)16-10-9(13)11(17)15-5-14-10/h2-5H,1H3,(H2,14,15,16,17). The molecule has 0 saturated heterocycles. The maximum absolute atomic E-state index is 13.5. The van der Waals surface area contributed by atoms with Gasteiger partial charge >= 0.3 is 0 Å². The molecule has 17 heavy (non-hydrogen) atoms. The highest BCUT2D eigenvalue weighted by Gasteiger charge is 2.08. The summed E-state index contributed by atoms with van der Waals surface area (Å²) in [4.78, 5) is 17.8. The first-order chi connectivity index (χ1) is 8.08. The quantitative estimate of drug-likeness (QED) is 0.823. The molecule has 0 spiro atoms. The number of aryl methyl sites for hydroxylation is 1. The van der Waals surface area contributed by atoms with Crippen molar-refractivity contribution in [3.05, 3.63) is 49.8 Å². The Bertz CT molecular complexity index is 612. The van der Waals surface area contributed by atoms with Crippen molar-refractivity contribution in [3.63, 3.8) is 0 Å². The van der Waals surface area contributed by atoms with Crippen LogP contribution in [-0.2, 0) is 0 Å². The normalized spacial score (nSPS) is 10.3. The molecule has 0 radical (unpaired) electrons. The minimum absolute atomic E-state index is 0.254. The van der Waals surface area contributed by atoms with Crippen LogP contribution >= 0.6 is 22.6 Å². The number of anilines is 2. The molecule has 0 bridgehead atoms. The summed E-state index contributed by atoms with van der Waals surface area (Å²) < 4.78 is 13.9. The van der Waals surface area contributed by atoms with Gasteiger partial charge in [-0.2, -0.15) is 0 Å². The molecule has 4 nitrogen and oxygen atoms in total. The highest BCUT2D eigenvalue weighted by molar-refractivity contribution is 14.1. The van der Waals surface area contributed by atoms with Gasteiger partial charge in [0, 0.05) is 0 Å². The molecule has 0 aliphatic rings. The lowest BCUT2D eigenvalue weighted by Gasteiger charge is -2.08. The van der Waals surface area contributed by atoms with Crippen molar-refractivity contribution < 1.29 is 4.39 Å². The van der Waals surface area contributed by atoms with Crippen molar-refractivity contribution in [3.8, 4) is 0 Å². The number of nitrogens with one attached hydrogen (secondary N) is 2. The van der Waals surface area contributed by atoms with Crippen LogP contribution in [0, 0.1) is 16.3 Å². The third-order valence-electron chi connectivity index (χ3n) is 2.17. The number of rotatable bonds is 2. The Balaban J connectivity index is 2.41. The Morgan fingerprint density at radius 2 is 2.24 bits per heavy atom. The molecular weight excluding hydrogens is 336 g/mol. The van der Waals surface area contributed by atoms with Gasteiger partial charge in [-0.3, -0.25) is 4.79 Å². The van der Waals surface area contributed by atoms with Crippen LogP contribution in [0.2, 0.25) is 0 Å². The van der Waals surface area contributed by atoms with Gasteiger partial charge in [-0.1, -0.05) is 6.07 Å². The van der Waals surface area contributed by atoms with Gasteiger partial charge in [0.05, 0.1) is 12.0 Å². The van der Waals surface area contributed by atoms with Gasteiger partial charge in [-0.25, -0.2) is 9.37 Å². The van der Waals surface area contributed by atoms with E-state index >= 15 is 0 Å². The van der Waals surface area contributed by atoms with Crippen LogP contribution in [0.25, 0.3) is 0 Å². The lowest BCUT2D eigenvalue weighted by Crippen LogP contribution is -2.13. The summed E-state index contributed by atoms with van der Waals surface area (Å²) in [7, 11) is 0. The molecule has 2 N–H and O–H groups in total. The molecule has 0 unspecified atom stereocenters. The number of H-pyrrole nitrogens is 1. The zero-order valence-corrected chi connectivity index (χ0v) is 11.1. The van der Waals surface area contributed by atoms with Crippen LogP contribution in [0.5, 0.6) is 0 Å². The Labute approximate surface area is 110 Å². The van der Waals surface area contributed by atoms with Crippen molar-refractivity contribution in [1.29, 1.82) is 0 Å². The average Bonchev–Trinajstić information content (AvgIpc) is 2.30. The van der Waals surface area contributed by atoms with Crippen LogP contribution in [0.1, 0.15) is 5.56 Å². The Morgan fingerprint density at radius 1 is 1.47 bits per heavy atom. The molecule has 0 fully saturated rings. The number of benzene rings is 1. The molecule has 88 valence electrons. The summed E-state index contributed by atoms with van der Waals surface area (Å²) in [6.07, 6.45) is 1.28. The van der Waals surface area contributed by atoms with Gasteiger partial charge in [0.25, 0.3) is 5.56 Å². The molecule has 2 aromatic rings. The van der Waals surface area contributed by atoms with E-state index in [9.17, 15) is 9.18 Å². The van der Waals surface area contributed by atoms with E-state index in [1.54, 1.807) is 12.1 Å². The predicted molar refractivity (Wildman–Crippen MR) is 72.0 cm³/mol. The van der Waals surface area contributed by atoms with Crippen molar-refractivity contribution >= 4 is 34.1 Å². The van der Waals surface area contributed by atoms with Crippen molar-refractivity contribution in [2.45, 2.75) is 6.92 Å². The lowest BCUT2D eigenvalue weighted by atomic mass is 10.2. The zero-order valence-electron chi connectivity index (χ0n) is 8.92. The molecule has 1 aromatic heterocycles. The third kappa shape index (κ3) is 2.63. The second kappa shape index (κ2) is 4.82. The molecule has 0 aliphatic carbocycles. The van der Waals surface area contributed by atoms with Crippen molar-refractivity contribution in [2.75, 3.05) is 5.32 Å². The molecule has 0 aliphatic heterocycles. The number of hydrogen-bond acceptors (Lipinski definition) is 3. The van der Waals surface area contributed by atoms with Gasteiger partial charge in [0.15, 0.2) is 5.82 Å². The van der Waals surface area contributed by atoms with E-state index in [0.29, 0.717) is 15.1 Å². The molecular formula is C11H9FIN3O. The zero-order chi connectivity index (χ0) is 12.4.